The van der Waals surface area contributed by atoms with E-state index in [4.69, 9.17) is 5.73 Å². The van der Waals surface area contributed by atoms with E-state index < -0.39 is 0 Å². The molecule has 0 aromatic carbocycles. The fraction of sp³-hybridized carbons (Fsp3) is 0.714. The van der Waals surface area contributed by atoms with E-state index in [1.54, 1.807) is 0 Å². The summed E-state index contributed by atoms with van der Waals surface area (Å²) in [6, 6.07) is 0. The Hall–Kier alpha value is -0.660. The number of nitrogens with two attached hydrogens (primary N) is 1. The lowest BCUT2D eigenvalue weighted by Crippen LogP contribution is -2.21. The number of rotatable bonds is 0. The van der Waals surface area contributed by atoms with E-state index in [0.717, 1.165) is 18.8 Å². The predicted molar refractivity (Wildman–Crippen MR) is 38.7 cm³/mol. The van der Waals surface area contributed by atoms with Crippen LogP contribution in [0.4, 0.5) is 0 Å². The predicted octanol–water partition coefficient (Wildman–Crippen LogP) is 0.950. The van der Waals surface area contributed by atoms with Crippen molar-refractivity contribution in [2.75, 3.05) is 6.54 Å². The van der Waals surface area contributed by atoms with Crippen molar-refractivity contribution in [2.45, 2.75) is 25.7 Å². The molecule has 0 unspecified atom stereocenters. The first kappa shape index (κ1) is 6.46. The van der Waals surface area contributed by atoms with E-state index in [1.807, 2.05) is 0 Å². The average molecular weight is 126 g/mol. The van der Waals surface area contributed by atoms with Crippen LogP contribution >= 0.6 is 0 Å². The lowest BCUT2D eigenvalue weighted by atomic mass is 10.1. The lowest BCUT2D eigenvalue weighted by molar-refractivity contribution is 0.622. The lowest BCUT2D eigenvalue weighted by Gasteiger charge is -2.08. The number of hydrogen-bond donors (Lipinski definition) is 2. The van der Waals surface area contributed by atoms with Crippen LogP contribution in [0.5, 0.6) is 0 Å². The Morgan fingerprint density at radius 2 is 2.22 bits per heavy atom. The van der Waals surface area contributed by atoms with E-state index in [-0.39, 0.29) is 0 Å². The normalized spacial score (nSPS) is 26.9. The van der Waals surface area contributed by atoms with Crippen LogP contribution in [0.1, 0.15) is 25.7 Å². The summed E-state index contributed by atoms with van der Waals surface area (Å²) < 4.78 is 0. The van der Waals surface area contributed by atoms with Gasteiger partial charge in [0.2, 0.25) is 0 Å². The monoisotopic (exact) mass is 126 g/mol. The van der Waals surface area contributed by atoms with E-state index in [9.17, 15) is 0 Å². The number of nitrogens with one attached hydrogen (secondary N) is 1. The quantitative estimate of drug-likeness (QED) is 0.507. The fourth-order valence-corrected chi connectivity index (χ4v) is 1.01. The third-order valence-corrected chi connectivity index (χ3v) is 1.57. The molecule has 0 amide bonds. The van der Waals surface area contributed by atoms with Crippen LogP contribution in [-0.4, -0.2) is 6.54 Å². The van der Waals surface area contributed by atoms with Gasteiger partial charge < -0.3 is 11.1 Å². The SMILES string of the molecule is N/C1=C\CCCCCN1. The highest BCUT2D eigenvalue weighted by Crippen LogP contribution is 2.03. The molecule has 1 aliphatic rings. The molecule has 1 heterocycles. The van der Waals surface area contributed by atoms with Crippen molar-refractivity contribution in [3.05, 3.63) is 11.9 Å². The van der Waals surface area contributed by atoms with Gasteiger partial charge in [0.1, 0.15) is 0 Å². The Kier molecular flexibility index (Phi) is 2.43. The largest absolute Gasteiger partial charge is 0.386 e. The summed E-state index contributed by atoms with van der Waals surface area (Å²) in [6.45, 7) is 1.04. The Morgan fingerprint density at radius 3 is 3.11 bits per heavy atom. The van der Waals surface area contributed by atoms with Crippen molar-refractivity contribution in [3.63, 3.8) is 0 Å². The van der Waals surface area contributed by atoms with E-state index in [0.29, 0.717) is 0 Å². The van der Waals surface area contributed by atoms with Crippen LogP contribution in [0.2, 0.25) is 0 Å². The van der Waals surface area contributed by atoms with Gasteiger partial charge in [-0.2, -0.15) is 0 Å². The minimum atomic E-state index is 0.856. The minimum Gasteiger partial charge on any atom is -0.386 e. The van der Waals surface area contributed by atoms with Gasteiger partial charge in [0.15, 0.2) is 0 Å². The Morgan fingerprint density at radius 1 is 1.33 bits per heavy atom. The molecule has 0 aromatic heterocycles. The smallest absolute Gasteiger partial charge is 0.0918 e. The highest BCUT2D eigenvalue weighted by atomic mass is 15.0. The topological polar surface area (TPSA) is 38.0 Å². The van der Waals surface area contributed by atoms with Crippen LogP contribution in [-0.2, 0) is 0 Å². The third-order valence-electron chi connectivity index (χ3n) is 1.57. The van der Waals surface area contributed by atoms with Crippen molar-refractivity contribution < 1.29 is 0 Å². The van der Waals surface area contributed by atoms with Crippen LogP contribution in [0.3, 0.4) is 0 Å². The standard InChI is InChI=1S/C7H14N2/c8-7-5-3-1-2-4-6-9-7/h5,9H,1-4,6,8H2/b7-5+. The van der Waals surface area contributed by atoms with E-state index in [1.165, 1.54) is 19.3 Å². The molecule has 1 aliphatic heterocycles. The molecule has 0 aromatic rings. The molecule has 0 atom stereocenters. The maximum atomic E-state index is 5.55. The van der Waals surface area contributed by atoms with Gasteiger partial charge in [-0.15, -0.1) is 0 Å². The summed E-state index contributed by atoms with van der Waals surface area (Å²) in [6.07, 6.45) is 7.09. The summed E-state index contributed by atoms with van der Waals surface area (Å²) in [4.78, 5) is 0. The second kappa shape index (κ2) is 3.38. The molecule has 0 fully saturated rings. The van der Waals surface area contributed by atoms with Gasteiger partial charge in [-0.05, 0) is 25.3 Å². The molecular formula is C7H14N2. The van der Waals surface area contributed by atoms with Crippen molar-refractivity contribution in [1.82, 2.24) is 5.32 Å². The Bertz CT molecular complexity index is 107. The Balaban J connectivity index is 2.32. The molecule has 1 rings (SSSR count). The van der Waals surface area contributed by atoms with Gasteiger partial charge in [-0.1, -0.05) is 6.42 Å². The van der Waals surface area contributed by atoms with Crippen LogP contribution in [0.15, 0.2) is 11.9 Å². The summed E-state index contributed by atoms with van der Waals surface area (Å²) >= 11 is 0. The first-order valence-corrected chi connectivity index (χ1v) is 3.59. The molecule has 2 heteroatoms. The van der Waals surface area contributed by atoms with E-state index >= 15 is 0 Å². The van der Waals surface area contributed by atoms with Gasteiger partial charge in [0.25, 0.3) is 0 Å². The van der Waals surface area contributed by atoms with Gasteiger partial charge in [-0.25, -0.2) is 0 Å². The van der Waals surface area contributed by atoms with Gasteiger partial charge in [0.05, 0.1) is 5.82 Å². The first-order chi connectivity index (χ1) is 4.39. The van der Waals surface area contributed by atoms with Crippen molar-refractivity contribution >= 4 is 0 Å². The molecule has 0 radical (unpaired) electrons. The van der Waals surface area contributed by atoms with Crippen LogP contribution in [0.25, 0.3) is 0 Å². The molecule has 2 nitrogen and oxygen atoms in total. The van der Waals surface area contributed by atoms with Crippen molar-refractivity contribution in [1.29, 1.82) is 0 Å². The zero-order valence-corrected chi connectivity index (χ0v) is 5.69. The number of allylic oxidation sites excluding steroid dienone is 1. The highest BCUT2D eigenvalue weighted by Gasteiger charge is 1.94. The zero-order valence-electron chi connectivity index (χ0n) is 5.69. The average Bonchev–Trinajstić information content (AvgIpc) is 1.79. The molecule has 3 N–H and O–H groups in total. The highest BCUT2D eigenvalue weighted by molar-refractivity contribution is 4.94. The molecule has 0 aliphatic carbocycles. The second-order valence-corrected chi connectivity index (χ2v) is 2.44. The van der Waals surface area contributed by atoms with Gasteiger partial charge in [0, 0.05) is 6.54 Å². The molecule has 52 valence electrons. The van der Waals surface area contributed by atoms with Crippen molar-refractivity contribution in [2.24, 2.45) is 5.73 Å². The van der Waals surface area contributed by atoms with Gasteiger partial charge in [-0.3, -0.25) is 0 Å². The molecule has 9 heavy (non-hydrogen) atoms. The third kappa shape index (κ3) is 2.40. The minimum absolute atomic E-state index is 0.856. The van der Waals surface area contributed by atoms with E-state index in [2.05, 4.69) is 11.4 Å². The molecule has 0 spiro atoms. The van der Waals surface area contributed by atoms with Crippen molar-refractivity contribution in [3.8, 4) is 0 Å². The molecule has 0 bridgehead atoms. The first-order valence-electron chi connectivity index (χ1n) is 3.59. The summed E-state index contributed by atoms with van der Waals surface area (Å²) in [7, 11) is 0. The summed E-state index contributed by atoms with van der Waals surface area (Å²) in [5, 5.41) is 3.12. The van der Waals surface area contributed by atoms with Crippen LogP contribution < -0.4 is 11.1 Å². The second-order valence-electron chi connectivity index (χ2n) is 2.44. The summed E-state index contributed by atoms with van der Waals surface area (Å²) in [5.41, 5.74) is 5.55. The van der Waals surface area contributed by atoms with Crippen LogP contribution in [0, 0.1) is 0 Å². The maximum absolute atomic E-state index is 5.55. The fourth-order valence-electron chi connectivity index (χ4n) is 1.01. The number of hydrogen-bond acceptors (Lipinski definition) is 2. The zero-order chi connectivity index (χ0) is 6.53. The summed E-state index contributed by atoms with van der Waals surface area (Å²) in [5.74, 6) is 0.856. The Labute approximate surface area is 56.1 Å². The van der Waals surface area contributed by atoms with Gasteiger partial charge >= 0.3 is 0 Å². The molecule has 0 saturated heterocycles. The molecular weight excluding hydrogens is 112 g/mol. The maximum Gasteiger partial charge on any atom is 0.0918 e. The molecule has 0 saturated carbocycles.